The largest absolute Gasteiger partial charge is 0.494 e. The maximum Gasteiger partial charge on any atom is 0.107 e. The van der Waals surface area contributed by atoms with E-state index in [2.05, 4.69) is 34.1 Å². The van der Waals surface area contributed by atoms with Crippen LogP contribution in [0.5, 0.6) is 0 Å². The van der Waals surface area contributed by atoms with E-state index >= 15 is 0 Å². The molecular weight excluding hydrogens is 236 g/mol. The average Bonchev–Trinajstić information content (AvgIpc) is 3.18. The standard InChI is InChI=1S/C16H16N2O/c1-2-14-10(5-6-17-14)7-11(1)18-8-12-13(9-18)16-4-3-15(12)19-16/h1-2,5-7,12,15,17H,3-4,8-9H2/t12-,15+/m1/s1. The van der Waals surface area contributed by atoms with Gasteiger partial charge in [-0.05, 0) is 36.3 Å². The number of hydrogen-bond acceptors (Lipinski definition) is 2. The predicted molar refractivity (Wildman–Crippen MR) is 75.1 cm³/mol. The molecule has 5 rings (SSSR count). The minimum Gasteiger partial charge on any atom is -0.494 e. The average molecular weight is 252 g/mol. The molecule has 1 N–H and O–H groups in total. The predicted octanol–water partition coefficient (Wildman–Crippen LogP) is 3.05. The Labute approximate surface area is 111 Å². The van der Waals surface area contributed by atoms with Gasteiger partial charge in [-0.25, -0.2) is 0 Å². The molecule has 0 unspecified atom stereocenters. The fourth-order valence-corrected chi connectivity index (χ4v) is 3.90. The SMILES string of the molecule is c1cc2cc(N3CC4=C5CC[C@H](O5)[C@@H]4C3)ccc2[nH]1. The zero-order valence-electron chi connectivity index (χ0n) is 10.7. The fourth-order valence-electron chi connectivity index (χ4n) is 3.90. The molecular formula is C16H16N2O. The van der Waals surface area contributed by atoms with Crippen LogP contribution in [-0.2, 0) is 4.74 Å². The summed E-state index contributed by atoms with van der Waals surface area (Å²) in [5, 5.41) is 1.30. The number of ether oxygens (including phenoxy) is 1. The number of rotatable bonds is 1. The van der Waals surface area contributed by atoms with Gasteiger partial charge in [0.2, 0.25) is 0 Å². The van der Waals surface area contributed by atoms with Crippen molar-refractivity contribution in [2.75, 3.05) is 18.0 Å². The second-order valence-electron chi connectivity index (χ2n) is 5.88. The zero-order valence-corrected chi connectivity index (χ0v) is 10.7. The van der Waals surface area contributed by atoms with E-state index in [-0.39, 0.29) is 0 Å². The zero-order chi connectivity index (χ0) is 12.4. The summed E-state index contributed by atoms with van der Waals surface area (Å²) in [5.41, 5.74) is 4.13. The van der Waals surface area contributed by atoms with E-state index in [9.17, 15) is 0 Å². The first-order valence-corrected chi connectivity index (χ1v) is 7.09. The maximum absolute atomic E-state index is 5.93. The summed E-state index contributed by atoms with van der Waals surface area (Å²) in [5.74, 6) is 1.96. The van der Waals surface area contributed by atoms with Crippen molar-refractivity contribution in [1.82, 2.24) is 4.98 Å². The summed E-state index contributed by atoms with van der Waals surface area (Å²) >= 11 is 0. The number of nitrogens with one attached hydrogen (secondary N) is 1. The van der Waals surface area contributed by atoms with Crippen LogP contribution in [0.25, 0.3) is 10.9 Å². The topological polar surface area (TPSA) is 28.3 Å². The van der Waals surface area contributed by atoms with Gasteiger partial charge < -0.3 is 14.6 Å². The van der Waals surface area contributed by atoms with Gasteiger partial charge in [-0.2, -0.15) is 0 Å². The molecule has 0 amide bonds. The Morgan fingerprint density at radius 3 is 3.21 bits per heavy atom. The smallest absolute Gasteiger partial charge is 0.107 e. The number of hydrogen-bond donors (Lipinski definition) is 1. The molecule has 0 radical (unpaired) electrons. The van der Waals surface area contributed by atoms with Crippen molar-refractivity contribution in [3.8, 4) is 0 Å². The number of aromatic nitrogens is 1. The minimum atomic E-state index is 0.478. The molecule has 96 valence electrons. The first-order chi connectivity index (χ1) is 9.38. The summed E-state index contributed by atoms with van der Waals surface area (Å²) in [6, 6.07) is 8.85. The Morgan fingerprint density at radius 2 is 2.26 bits per heavy atom. The third-order valence-corrected chi connectivity index (χ3v) is 4.88. The monoisotopic (exact) mass is 252 g/mol. The molecule has 3 heteroatoms. The van der Waals surface area contributed by atoms with Crippen molar-refractivity contribution in [2.24, 2.45) is 5.92 Å². The van der Waals surface area contributed by atoms with E-state index < -0.39 is 0 Å². The Balaban J connectivity index is 1.53. The molecule has 2 aromatic rings. The van der Waals surface area contributed by atoms with Crippen molar-refractivity contribution < 1.29 is 4.74 Å². The van der Waals surface area contributed by atoms with Crippen molar-refractivity contribution in [3.05, 3.63) is 41.8 Å². The van der Waals surface area contributed by atoms with E-state index in [1.54, 1.807) is 5.57 Å². The summed E-state index contributed by atoms with van der Waals surface area (Å²) in [4.78, 5) is 5.76. The summed E-state index contributed by atoms with van der Waals surface area (Å²) in [6.07, 6.45) is 4.88. The molecule has 2 fully saturated rings. The van der Waals surface area contributed by atoms with Gasteiger partial charge in [-0.15, -0.1) is 0 Å². The van der Waals surface area contributed by atoms with Crippen molar-refractivity contribution >= 4 is 16.6 Å². The van der Waals surface area contributed by atoms with Crippen LogP contribution in [0, 0.1) is 5.92 Å². The molecule has 2 saturated heterocycles. The van der Waals surface area contributed by atoms with Gasteiger partial charge in [0.1, 0.15) is 6.10 Å². The number of nitrogens with zero attached hydrogens (tertiary/aromatic N) is 1. The molecule has 0 spiro atoms. The van der Waals surface area contributed by atoms with Crippen molar-refractivity contribution in [1.29, 1.82) is 0 Å². The van der Waals surface area contributed by atoms with Crippen molar-refractivity contribution in [3.63, 3.8) is 0 Å². The molecule has 1 aromatic carbocycles. The molecule has 3 nitrogen and oxygen atoms in total. The van der Waals surface area contributed by atoms with Gasteiger partial charge in [0.05, 0.1) is 5.76 Å². The molecule has 2 atom stereocenters. The quantitative estimate of drug-likeness (QED) is 0.845. The minimum absolute atomic E-state index is 0.478. The Bertz CT molecular complexity index is 700. The van der Waals surface area contributed by atoms with E-state index in [1.807, 2.05) is 6.20 Å². The van der Waals surface area contributed by atoms with Crippen LogP contribution >= 0.6 is 0 Å². The molecule has 4 heterocycles. The highest BCUT2D eigenvalue weighted by molar-refractivity contribution is 5.83. The van der Waals surface area contributed by atoms with E-state index in [1.165, 1.54) is 35.2 Å². The van der Waals surface area contributed by atoms with Gasteiger partial charge in [0.15, 0.2) is 0 Å². The highest BCUT2D eigenvalue weighted by atomic mass is 16.5. The van der Waals surface area contributed by atoms with Crippen LogP contribution in [0.3, 0.4) is 0 Å². The molecule has 3 aliphatic heterocycles. The number of allylic oxidation sites excluding steroid dienone is 1. The Kier molecular flexibility index (Phi) is 1.76. The van der Waals surface area contributed by atoms with Crippen molar-refractivity contribution in [2.45, 2.75) is 18.9 Å². The molecule has 1 aromatic heterocycles. The van der Waals surface area contributed by atoms with Gasteiger partial charge in [0.25, 0.3) is 0 Å². The Morgan fingerprint density at radius 1 is 1.26 bits per heavy atom. The maximum atomic E-state index is 5.93. The van der Waals surface area contributed by atoms with Gasteiger partial charge in [-0.1, -0.05) is 0 Å². The molecule has 0 saturated carbocycles. The van der Waals surface area contributed by atoms with Crippen LogP contribution in [0.4, 0.5) is 5.69 Å². The molecule has 2 bridgehead atoms. The highest BCUT2D eigenvalue weighted by Crippen LogP contribution is 2.46. The molecule has 19 heavy (non-hydrogen) atoms. The van der Waals surface area contributed by atoms with Crippen LogP contribution in [-0.4, -0.2) is 24.2 Å². The lowest BCUT2D eigenvalue weighted by atomic mass is 9.90. The normalized spacial score (nSPS) is 28.3. The van der Waals surface area contributed by atoms with Gasteiger partial charge >= 0.3 is 0 Å². The van der Waals surface area contributed by atoms with Gasteiger partial charge in [-0.3, -0.25) is 0 Å². The lowest BCUT2D eigenvalue weighted by molar-refractivity contribution is 0.156. The molecule has 0 aliphatic carbocycles. The number of aromatic amines is 1. The Hall–Kier alpha value is -1.90. The van der Waals surface area contributed by atoms with Crippen LogP contribution < -0.4 is 4.90 Å². The number of fused-ring (bicyclic) bond motifs is 5. The van der Waals surface area contributed by atoms with E-state index in [0.29, 0.717) is 12.0 Å². The summed E-state index contributed by atoms with van der Waals surface area (Å²) < 4.78 is 5.93. The third-order valence-electron chi connectivity index (χ3n) is 4.88. The lowest BCUT2D eigenvalue weighted by Crippen LogP contribution is -2.24. The first-order valence-electron chi connectivity index (χ1n) is 7.09. The third kappa shape index (κ3) is 1.28. The van der Waals surface area contributed by atoms with E-state index in [4.69, 9.17) is 4.74 Å². The van der Waals surface area contributed by atoms with Crippen LogP contribution in [0.1, 0.15) is 12.8 Å². The number of benzene rings is 1. The lowest BCUT2D eigenvalue weighted by Gasteiger charge is -2.20. The van der Waals surface area contributed by atoms with Crippen LogP contribution in [0.15, 0.2) is 41.8 Å². The number of anilines is 1. The fraction of sp³-hybridized carbons (Fsp3) is 0.375. The number of H-pyrrole nitrogens is 1. The second-order valence-corrected chi connectivity index (χ2v) is 5.88. The summed E-state index contributed by atoms with van der Waals surface area (Å²) in [6.45, 7) is 2.19. The van der Waals surface area contributed by atoms with Gasteiger partial charge in [0, 0.05) is 48.2 Å². The second kappa shape index (κ2) is 3.35. The summed E-state index contributed by atoms with van der Waals surface area (Å²) in [7, 11) is 0. The highest BCUT2D eigenvalue weighted by Gasteiger charge is 2.46. The van der Waals surface area contributed by atoms with Crippen LogP contribution in [0.2, 0.25) is 0 Å². The molecule has 3 aliphatic rings. The first kappa shape index (κ1) is 9.96. The van der Waals surface area contributed by atoms with E-state index in [0.717, 1.165) is 13.1 Å².